The van der Waals surface area contributed by atoms with Crippen LogP contribution in [0, 0.1) is 6.92 Å². The van der Waals surface area contributed by atoms with Crippen LogP contribution in [0.1, 0.15) is 54.6 Å². The second kappa shape index (κ2) is 5.34. The Morgan fingerprint density at radius 3 is 2.82 bits per heavy atom. The van der Waals surface area contributed by atoms with Crippen LogP contribution in [-0.2, 0) is 19.9 Å². The van der Waals surface area contributed by atoms with Crippen molar-refractivity contribution >= 4 is 5.82 Å². The van der Waals surface area contributed by atoms with Crippen LogP contribution in [0.5, 0.6) is 0 Å². The number of anilines is 1. The molecule has 0 saturated carbocycles. The lowest BCUT2D eigenvalue weighted by atomic mass is 9.96. The first-order valence-electron chi connectivity index (χ1n) is 8.21. The van der Waals surface area contributed by atoms with Crippen molar-refractivity contribution in [3.05, 3.63) is 29.2 Å². The number of hydrogen-bond acceptors (Lipinski definition) is 5. The van der Waals surface area contributed by atoms with Crippen molar-refractivity contribution in [3.8, 4) is 0 Å². The summed E-state index contributed by atoms with van der Waals surface area (Å²) in [5.41, 5.74) is 2.63. The van der Waals surface area contributed by atoms with E-state index in [1.165, 1.54) is 30.5 Å². The van der Waals surface area contributed by atoms with Gasteiger partial charge in [0.15, 0.2) is 5.82 Å². The summed E-state index contributed by atoms with van der Waals surface area (Å²) in [6.45, 7) is 3.05. The molecule has 1 fully saturated rings. The Morgan fingerprint density at radius 1 is 1.14 bits per heavy atom. The van der Waals surface area contributed by atoms with Crippen molar-refractivity contribution in [2.75, 3.05) is 11.4 Å². The molecule has 1 aliphatic carbocycles. The molecule has 4 rings (SSSR count). The molecule has 2 aromatic rings. The second-order valence-electron chi connectivity index (χ2n) is 6.38. The molecule has 6 nitrogen and oxygen atoms in total. The Bertz CT molecular complexity index is 692. The summed E-state index contributed by atoms with van der Waals surface area (Å²) in [5.74, 6) is 3.07. The smallest absolute Gasteiger partial charge is 0.155 e. The summed E-state index contributed by atoms with van der Waals surface area (Å²) in [6.07, 6.45) is 8.76. The molecule has 22 heavy (non-hydrogen) atoms. The fraction of sp³-hybridized carbons (Fsp3) is 0.625. The molecule has 0 radical (unpaired) electrons. The van der Waals surface area contributed by atoms with Gasteiger partial charge in [-0.1, -0.05) is 0 Å². The molecule has 3 heterocycles. The monoisotopic (exact) mass is 298 g/mol. The summed E-state index contributed by atoms with van der Waals surface area (Å²) in [5, 5.41) is 8.39. The molecule has 2 aliphatic rings. The molecular formula is C16H22N6. The number of fused-ring (bicyclic) bond motifs is 1. The molecule has 0 spiro atoms. The van der Waals surface area contributed by atoms with Gasteiger partial charge >= 0.3 is 0 Å². The van der Waals surface area contributed by atoms with E-state index in [9.17, 15) is 0 Å². The summed E-state index contributed by atoms with van der Waals surface area (Å²) < 4.78 is 2.03. The SMILES string of the molecule is Cc1nc2c(c(N3CCCC3c3nncn3C)n1)CCCC2. The lowest BCUT2D eigenvalue weighted by Crippen LogP contribution is -2.28. The average Bonchev–Trinajstić information content (AvgIpc) is 3.14. The van der Waals surface area contributed by atoms with Gasteiger partial charge in [0, 0.05) is 24.8 Å². The molecular weight excluding hydrogens is 276 g/mol. The third kappa shape index (κ3) is 2.17. The number of aryl methyl sites for hydroxylation is 3. The molecule has 0 amide bonds. The highest BCUT2D eigenvalue weighted by Crippen LogP contribution is 2.38. The quantitative estimate of drug-likeness (QED) is 0.850. The minimum atomic E-state index is 0.285. The second-order valence-corrected chi connectivity index (χ2v) is 6.38. The van der Waals surface area contributed by atoms with Gasteiger partial charge in [-0.15, -0.1) is 10.2 Å². The van der Waals surface area contributed by atoms with Crippen molar-refractivity contribution in [2.45, 2.75) is 51.5 Å². The van der Waals surface area contributed by atoms with Crippen LogP contribution in [0.4, 0.5) is 5.82 Å². The van der Waals surface area contributed by atoms with Crippen LogP contribution in [0.3, 0.4) is 0 Å². The van der Waals surface area contributed by atoms with Gasteiger partial charge < -0.3 is 9.47 Å². The van der Waals surface area contributed by atoms with Crippen LogP contribution >= 0.6 is 0 Å². The van der Waals surface area contributed by atoms with E-state index < -0.39 is 0 Å². The maximum absolute atomic E-state index is 4.82. The first kappa shape index (κ1) is 13.7. The molecule has 1 aliphatic heterocycles. The van der Waals surface area contributed by atoms with Crippen LogP contribution in [0.15, 0.2) is 6.33 Å². The van der Waals surface area contributed by atoms with Gasteiger partial charge in [0.05, 0.1) is 6.04 Å². The van der Waals surface area contributed by atoms with Gasteiger partial charge in [0.25, 0.3) is 0 Å². The lowest BCUT2D eigenvalue weighted by molar-refractivity contribution is 0.609. The van der Waals surface area contributed by atoms with Crippen molar-refractivity contribution < 1.29 is 0 Å². The summed E-state index contributed by atoms with van der Waals surface area (Å²) in [4.78, 5) is 11.9. The Morgan fingerprint density at radius 2 is 2.00 bits per heavy atom. The summed E-state index contributed by atoms with van der Waals surface area (Å²) in [6, 6.07) is 0.285. The number of hydrogen-bond donors (Lipinski definition) is 0. The van der Waals surface area contributed by atoms with Gasteiger partial charge in [-0.05, 0) is 45.4 Å². The maximum atomic E-state index is 4.82. The Labute approximate surface area is 130 Å². The highest BCUT2D eigenvalue weighted by Gasteiger charge is 2.33. The van der Waals surface area contributed by atoms with E-state index >= 15 is 0 Å². The van der Waals surface area contributed by atoms with E-state index in [0.29, 0.717) is 0 Å². The molecule has 116 valence electrons. The van der Waals surface area contributed by atoms with Crippen LogP contribution in [-0.4, -0.2) is 31.3 Å². The van der Waals surface area contributed by atoms with Crippen molar-refractivity contribution in [1.29, 1.82) is 0 Å². The van der Waals surface area contributed by atoms with E-state index in [4.69, 9.17) is 4.98 Å². The number of rotatable bonds is 2. The zero-order valence-corrected chi connectivity index (χ0v) is 13.3. The van der Waals surface area contributed by atoms with Crippen LogP contribution in [0.2, 0.25) is 0 Å². The fourth-order valence-electron chi connectivity index (χ4n) is 3.81. The summed E-state index contributed by atoms with van der Waals surface area (Å²) in [7, 11) is 2.02. The third-order valence-electron chi connectivity index (χ3n) is 4.84. The first-order valence-corrected chi connectivity index (χ1v) is 8.21. The number of nitrogens with zero attached hydrogens (tertiary/aromatic N) is 6. The van der Waals surface area contributed by atoms with Gasteiger partial charge in [0.2, 0.25) is 0 Å². The van der Waals surface area contributed by atoms with E-state index in [0.717, 1.165) is 43.3 Å². The molecule has 1 unspecified atom stereocenters. The van der Waals surface area contributed by atoms with Crippen LogP contribution < -0.4 is 4.90 Å². The molecule has 0 N–H and O–H groups in total. The van der Waals surface area contributed by atoms with Crippen molar-refractivity contribution in [1.82, 2.24) is 24.7 Å². The lowest BCUT2D eigenvalue weighted by Gasteiger charge is -2.29. The Kier molecular flexibility index (Phi) is 3.32. The normalized spacial score (nSPS) is 21.2. The minimum Gasteiger partial charge on any atom is -0.346 e. The first-order chi connectivity index (χ1) is 10.7. The van der Waals surface area contributed by atoms with E-state index in [-0.39, 0.29) is 6.04 Å². The fourth-order valence-corrected chi connectivity index (χ4v) is 3.81. The van der Waals surface area contributed by atoms with Gasteiger partial charge in [-0.25, -0.2) is 9.97 Å². The van der Waals surface area contributed by atoms with E-state index in [1.807, 2.05) is 18.5 Å². The number of aromatic nitrogens is 5. The van der Waals surface area contributed by atoms with E-state index in [2.05, 4.69) is 20.1 Å². The predicted octanol–water partition coefficient (Wildman–Crippen LogP) is 2.13. The van der Waals surface area contributed by atoms with Gasteiger partial charge in [0.1, 0.15) is 18.0 Å². The average molecular weight is 298 g/mol. The molecule has 6 heteroatoms. The maximum Gasteiger partial charge on any atom is 0.155 e. The van der Waals surface area contributed by atoms with Gasteiger partial charge in [-0.2, -0.15) is 0 Å². The van der Waals surface area contributed by atoms with Gasteiger partial charge in [-0.3, -0.25) is 0 Å². The van der Waals surface area contributed by atoms with Crippen molar-refractivity contribution in [3.63, 3.8) is 0 Å². The molecule has 1 saturated heterocycles. The van der Waals surface area contributed by atoms with Crippen LogP contribution in [0.25, 0.3) is 0 Å². The van der Waals surface area contributed by atoms with Crippen molar-refractivity contribution in [2.24, 2.45) is 7.05 Å². The topological polar surface area (TPSA) is 59.7 Å². The molecule has 0 aromatic carbocycles. The van der Waals surface area contributed by atoms with E-state index in [1.54, 1.807) is 6.33 Å². The highest BCUT2D eigenvalue weighted by atomic mass is 15.3. The summed E-state index contributed by atoms with van der Waals surface area (Å²) >= 11 is 0. The minimum absolute atomic E-state index is 0.285. The molecule has 0 bridgehead atoms. The predicted molar refractivity (Wildman–Crippen MR) is 83.7 cm³/mol. The largest absolute Gasteiger partial charge is 0.346 e. The highest BCUT2D eigenvalue weighted by molar-refractivity contribution is 5.52. The standard InChI is InChI=1S/C16H22N6/c1-11-18-13-7-4-3-6-12(13)15(19-11)22-9-5-8-14(22)16-20-17-10-21(16)2/h10,14H,3-9H2,1-2H3. The zero-order valence-electron chi connectivity index (χ0n) is 13.3. The zero-order chi connectivity index (χ0) is 15.1. The third-order valence-corrected chi connectivity index (χ3v) is 4.84. The Balaban J connectivity index is 1.78. The molecule has 1 atom stereocenters. The molecule has 2 aromatic heterocycles. The Hall–Kier alpha value is -1.98.